The molecule has 0 atom stereocenters. The highest BCUT2D eigenvalue weighted by molar-refractivity contribution is 6.25. The number of hydrogen-bond donors (Lipinski definition) is 0. The van der Waals surface area contributed by atoms with Crippen LogP contribution >= 0.6 is 0 Å². The Kier molecular flexibility index (Phi) is 3.61. The van der Waals surface area contributed by atoms with Crippen molar-refractivity contribution in [3.8, 4) is 11.1 Å². The van der Waals surface area contributed by atoms with Crippen LogP contribution in [-0.2, 0) is 0 Å². The maximum absolute atomic E-state index is 12.3. The topological polar surface area (TPSA) is 34.1 Å². The monoisotopic (exact) mass is 252 g/mol. The molecule has 0 saturated carbocycles. The van der Waals surface area contributed by atoms with Gasteiger partial charge < -0.3 is 0 Å². The van der Waals surface area contributed by atoms with Gasteiger partial charge >= 0.3 is 0 Å². The number of benzene rings is 2. The molecule has 0 radical (unpaired) electrons. The Morgan fingerprint density at radius 2 is 1.42 bits per heavy atom. The number of hydrogen-bond acceptors (Lipinski definition) is 2. The Morgan fingerprint density at radius 1 is 0.842 bits per heavy atom. The van der Waals surface area contributed by atoms with E-state index in [2.05, 4.69) is 0 Å². The Bertz CT molecular complexity index is 654. The molecule has 0 fully saturated rings. The molecule has 0 saturated heterocycles. The standard InChI is InChI=1S/C15H10O2.C2H6/c1-9(16)10-7-4-8-12-11-5-2-3-6-13(11)15(17)14(10)12;1-2/h2-8H,1H3;1-2H3. The molecule has 96 valence electrons. The highest BCUT2D eigenvalue weighted by Gasteiger charge is 2.29. The fourth-order valence-electron chi connectivity index (χ4n) is 2.37. The van der Waals surface area contributed by atoms with Gasteiger partial charge in [-0.2, -0.15) is 0 Å². The van der Waals surface area contributed by atoms with Gasteiger partial charge in [0.2, 0.25) is 0 Å². The number of fused-ring (bicyclic) bond motifs is 3. The van der Waals surface area contributed by atoms with Crippen LogP contribution in [-0.4, -0.2) is 11.6 Å². The number of Topliss-reactive ketones (excluding diaryl/α,β-unsaturated/α-hetero) is 1. The van der Waals surface area contributed by atoms with Crippen LogP contribution in [0.5, 0.6) is 0 Å². The summed E-state index contributed by atoms with van der Waals surface area (Å²) in [4.78, 5) is 23.8. The van der Waals surface area contributed by atoms with Gasteiger partial charge in [-0.05, 0) is 18.1 Å². The zero-order valence-corrected chi connectivity index (χ0v) is 11.4. The van der Waals surface area contributed by atoms with Crippen LogP contribution in [0.3, 0.4) is 0 Å². The lowest BCUT2D eigenvalue weighted by molar-refractivity contribution is 0.0992. The molecule has 0 spiro atoms. The first-order chi connectivity index (χ1) is 9.20. The van der Waals surface area contributed by atoms with Crippen molar-refractivity contribution in [2.24, 2.45) is 0 Å². The molecule has 0 amide bonds. The molecule has 2 heteroatoms. The molecule has 2 nitrogen and oxygen atoms in total. The Balaban J connectivity index is 0.000000637. The second-order valence-electron chi connectivity index (χ2n) is 4.16. The molecule has 0 unspecified atom stereocenters. The molecule has 2 aromatic carbocycles. The first-order valence-corrected chi connectivity index (χ1v) is 6.48. The molecule has 0 aliphatic heterocycles. The first-order valence-electron chi connectivity index (χ1n) is 6.48. The van der Waals surface area contributed by atoms with Crippen LogP contribution in [0, 0.1) is 0 Å². The SMILES string of the molecule is CC.CC(=O)c1cccc2c1C(=O)c1ccccc1-2. The molecule has 0 N–H and O–H groups in total. The van der Waals surface area contributed by atoms with Gasteiger partial charge in [0, 0.05) is 16.7 Å². The third-order valence-corrected chi connectivity index (χ3v) is 3.13. The molecule has 1 aliphatic rings. The lowest BCUT2D eigenvalue weighted by Gasteiger charge is -2.03. The highest BCUT2D eigenvalue weighted by atomic mass is 16.1. The van der Waals surface area contributed by atoms with E-state index in [4.69, 9.17) is 0 Å². The predicted octanol–water partition coefficient (Wildman–Crippen LogP) is 4.13. The van der Waals surface area contributed by atoms with Gasteiger partial charge in [0.15, 0.2) is 11.6 Å². The van der Waals surface area contributed by atoms with Gasteiger partial charge in [0.25, 0.3) is 0 Å². The molecule has 2 aromatic rings. The summed E-state index contributed by atoms with van der Waals surface area (Å²) in [7, 11) is 0. The molecule has 0 bridgehead atoms. The third kappa shape index (κ3) is 1.99. The van der Waals surface area contributed by atoms with E-state index < -0.39 is 0 Å². The minimum Gasteiger partial charge on any atom is -0.294 e. The van der Waals surface area contributed by atoms with E-state index in [0.717, 1.165) is 11.1 Å². The summed E-state index contributed by atoms with van der Waals surface area (Å²) in [6.07, 6.45) is 0. The molecule has 19 heavy (non-hydrogen) atoms. The van der Waals surface area contributed by atoms with Crippen molar-refractivity contribution in [3.05, 3.63) is 59.2 Å². The zero-order chi connectivity index (χ0) is 14.0. The van der Waals surface area contributed by atoms with Crippen LogP contribution in [0.2, 0.25) is 0 Å². The number of rotatable bonds is 1. The van der Waals surface area contributed by atoms with Gasteiger partial charge in [-0.3, -0.25) is 9.59 Å². The van der Waals surface area contributed by atoms with Crippen LogP contribution in [0.25, 0.3) is 11.1 Å². The van der Waals surface area contributed by atoms with Crippen molar-refractivity contribution in [2.45, 2.75) is 20.8 Å². The van der Waals surface area contributed by atoms with E-state index >= 15 is 0 Å². The van der Waals surface area contributed by atoms with Gasteiger partial charge in [-0.25, -0.2) is 0 Å². The van der Waals surface area contributed by atoms with Gasteiger partial charge in [-0.15, -0.1) is 0 Å². The maximum Gasteiger partial charge on any atom is 0.195 e. The number of carbonyl (C=O) groups excluding carboxylic acids is 2. The second kappa shape index (κ2) is 5.19. The minimum absolute atomic E-state index is 0.0404. The molecule has 0 aromatic heterocycles. The molecular weight excluding hydrogens is 236 g/mol. The van der Waals surface area contributed by atoms with Crippen molar-refractivity contribution in [1.29, 1.82) is 0 Å². The fraction of sp³-hybridized carbons (Fsp3) is 0.176. The first kappa shape index (κ1) is 13.2. The van der Waals surface area contributed by atoms with E-state index in [0.29, 0.717) is 16.7 Å². The van der Waals surface area contributed by atoms with Gasteiger partial charge in [0.05, 0.1) is 0 Å². The predicted molar refractivity (Wildman–Crippen MR) is 76.7 cm³/mol. The quantitative estimate of drug-likeness (QED) is 0.610. The van der Waals surface area contributed by atoms with Crippen molar-refractivity contribution in [1.82, 2.24) is 0 Å². The lowest BCUT2D eigenvalue weighted by atomic mass is 9.99. The normalized spacial score (nSPS) is 11.2. The summed E-state index contributed by atoms with van der Waals surface area (Å²) in [6, 6.07) is 12.9. The Morgan fingerprint density at radius 3 is 2.05 bits per heavy atom. The van der Waals surface area contributed by atoms with E-state index in [1.807, 2.05) is 50.2 Å². The average Bonchev–Trinajstić information content (AvgIpc) is 2.75. The minimum atomic E-state index is -0.0667. The number of carbonyl (C=O) groups is 2. The van der Waals surface area contributed by atoms with E-state index in [-0.39, 0.29) is 11.6 Å². The van der Waals surface area contributed by atoms with Crippen LogP contribution in [0.4, 0.5) is 0 Å². The van der Waals surface area contributed by atoms with E-state index in [1.54, 1.807) is 6.07 Å². The highest BCUT2D eigenvalue weighted by Crippen LogP contribution is 2.37. The zero-order valence-electron chi connectivity index (χ0n) is 11.4. The molecule has 1 aliphatic carbocycles. The summed E-state index contributed by atoms with van der Waals surface area (Å²) in [6.45, 7) is 5.49. The van der Waals surface area contributed by atoms with Crippen molar-refractivity contribution >= 4 is 11.6 Å². The smallest absolute Gasteiger partial charge is 0.195 e. The van der Waals surface area contributed by atoms with E-state index in [1.165, 1.54) is 6.92 Å². The van der Waals surface area contributed by atoms with Gasteiger partial charge in [-0.1, -0.05) is 56.3 Å². The maximum atomic E-state index is 12.3. The number of ketones is 2. The van der Waals surface area contributed by atoms with E-state index in [9.17, 15) is 9.59 Å². The summed E-state index contributed by atoms with van der Waals surface area (Å²) >= 11 is 0. The Labute approximate surface area is 113 Å². The summed E-state index contributed by atoms with van der Waals surface area (Å²) in [5.74, 6) is -0.107. The van der Waals surface area contributed by atoms with Crippen LogP contribution in [0.15, 0.2) is 42.5 Å². The largest absolute Gasteiger partial charge is 0.294 e. The third-order valence-electron chi connectivity index (χ3n) is 3.13. The molecule has 0 heterocycles. The average molecular weight is 252 g/mol. The molecule has 3 rings (SSSR count). The van der Waals surface area contributed by atoms with Crippen molar-refractivity contribution in [2.75, 3.05) is 0 Å². The van der Waals surface area contributed by atoms with Crippen molar-refractivity contribution in [3.63, 3.8) is 0 Å². The van der Waals surface area contributed by atoms with Crippen molar-refractivity contribution < 1.29 is 9.59 Å². The summed E-state index contributed by atoms with van der Waals surface area (Å²) in [5, 5.41) is 0. The van der Waals surface area contributed by atoms with Gasteiger partial charge in [0.1, 0.15) is 0 Å². The Hall–Kier alpha value is -2.22. The van der Waals surface area contributed by atoms with Crippen LogP contribution in [0.1, 0.15) is 47.1 Å². The fourth-order valence-corrected chi connectivity index (χ4v) is 2.37. The molecular formula is C17H16O2. The summed E-state index contributed by atoms with van der Waals surface area (Å²) < 4.78 is 0. The summed E-state index contributed by atoms with van der Waals surface area (Å²) in [5.41, 5.74) is 3.56. The lowest BCUT2D eigenvalue weighted by Crippen LogP contribution is -2.04. The van der Waals surface area contributed by atoms with Crippen LogP contribution < -0.4 is 0 Å². The second-order valence-corrected chi connectivity index (χ2v) is 4.16.